The van der Waals surface area contributed by atoms with Crippen LogP contribution >= 0.6 is 27.5 Å². The maximum Gasteiger partial charge on any atom is 0.226 e. The zero-order valence-electron chi connectivity index (χ0n) is 8.07. The molecule has 0 spiro atoms. The zero-order valence-corrected chi connectivity index (χ0v) is 11.2. The maximum absolute atomic E-state index is 11.2. The van der Waals surface area contributed by atoms with Gasteiger partial charge in [0.1, 0.15) is 5.21 Å². The van der Waals surface area contributed by atoms with Crippen molar-refractivity contribution in [1.82, 2.24) is 4.72 Å². The van der Waals surface area contributed by atoms with Gasteiger partial charge in [0.2, 0.25) is 10.0 Å². The molecule has 1 aromatic carbocycles. The summed E-state index contributed by atoms with van der Waals surface area (Å²) in [5, 5.41) is -0.425. The molecule has 0 saturated heterocycles. The van der Waals surface area contributed by atoms with Gasteiger partial charge in [-0.15, -0.1) is 11.6 Å². The van der Waals surface area contributed by atoms with Gasteiger partial charge in [0.25, 0.3) is 0 Å². The minimum absolute atomic E-state index is 0.286. The highest BCUT2D eigenvalue weighted by atomic mass is 79.9. The fraction of sp³-hybridized carbons (Fsp3) is 0.333. The topological polar surface area (TPSA) is 46.2 Å². The Balaban J connectivity index is 2.82. The van der Waals surface area contributed by atoms with Crippen LogP contribution in [-0.4, -0.2) is 13.6 Å². The molecule has 0 amide bonds. The van der Waals surface area contributed by atoms with E-state index in [1.807, 2.05) is 24.3 Å². The van der Waals surface area contributed by atoms with E-state index in [1.54, 1.807) is 6.92 Å². The van der Waals surface area contributed by atoms with Gasteiger partial charge >= 0.3 is 0 Å². The molecule has 6 heteroatoms. The minimum atomic E-state index is -3.38. The smallest absolute Gasteiger partial charge is 0.211 e. The van der Waals surface area contributed by atoms with E-state index in [1.165, 1.54) is 0 Å². The predicted octanol–water partition coefficient (Wildman–Crippen LogP) is 2.63. The third-order valence-electron chi connectivity index (χ3n) is 1.85. The Labute approximate surface area is 103 Å². The number of benzene rings is 1. The predicted molar refractivity (Wildman–Crippen MR) is 65.3 cm³/mol. The summed E-state index contributed by atoms with van der Waals surface area (Å²) in [6, 6.07) is 7.16. The molecule has 0 aliphatic rings. The summed E-state index contributed by atoms with van der Waals surface area (Å²) in [4.78, 5) is 0. The molecule has 0 heterocycles. The van der Waals surface area contributed by atoms with Gasteiger partial charge in [0, 0.05) is 10.5 Å². The van der Waals surface area contributed by atoms with Crippen LogP contribution in [0.4, 0.5) is 0 Å². The molecule has 15 heavy (non-hydrogen) atoms. The Morgan fingerprint density at radius 2 is 2.20 bits per heavy atom. The van der Waals surface area contributed by atoms with Crippen LogP contribution < -0.4 is 4.72 Å². The van der Waals surface area contributed by atoms with Gasteiger partial charge in [-0.25, -0.2) is 13.1 Å². The third-order valence-corrected chi connectivity index (χ3v) is 4.20. The van der Waals surface area contributed by atoms with Crippen molar-refractivity contribution in [2.45, 2.75) is 13.0 Å². The van der Waals surface area contributed by atoms with Gasteiger partial charge < -0.3 is 0 Å². The third kappa shape index (κ3) is 4.10. The lowest BCUT2D eigenvalue weighted by molar-refractivity contribution is 0.571. The lowest BCUT2D eigenvalue weighted by atomic mass is 10.1. The van der Waals surface area contributed by atoms with E-state index >= 15 is 0 Å². The molecule has 1 atom stereocenters. The molecule has 84 valence electrons. The van der Waals surface area contributed by atoms with Crippen molar-refractivity contribution in [2.24, 2.45) is 0 Å². The number of halogens is 2. The summed E-state index contributed by atoms with van der Waals surface area (Å²) >= 11 is 8.62. The van der Waals surface area contributed by atoms with Crippen molar-refractivity contribution >= 4 is 37.6 Å². The van der Waals surface area contributed by atoms with Gasteiger partial charge in [0.15, 0.2) is 0 Å². The minimum Gasteiger partial charge on any atom is -0.211 e. The first kappa shape index (κ1) is 13.0. The molecular weight excluding hydrogens is 302 g/mol. The molecule has 0 unspecified atom stereocenters. The van der Waals surface area contributed by atoms with E-state index in [0.29, 0.717) is 0 Å². The molecule has 0 bridgehead atoms. The Morgan fingerprint density at radius 1 is 1.53 bits per heavy atom. The summed E-state index contributed by atoms with van der Waals surface area (Å²) < 4.78 is 25.8. The Morgan fingerprint density at radius 3 is 2.73 bits per heavy atom. The average Bonchev–Trinajstić information content (AvgIpc) is 2.17. The zero-order chi connectivity index (χ0) is 11.5. The Bertz CT molecular complexity index is 435. The summed E-state index contributed by atoms with van der Waals surface area (Å²) in [6.45, 7) is 1.77. The molecule has 0 fully saturated rings. The second-order valence-corrected chi connectivity index (χ2v) is 6.37. The van der Waals surface area contributed by atoms with E-state index in [0.717, 1.165) is 10.0 Å². The quantitative estimate of drug-likeness (QED) is 0.869. The summed E-state index contributed by atoms with van der Waals surface area (Å²) in [5.74, 6) is 0. The van der Waals surface area contributed by atoms with Crippen LogP contribution in [0.1, 0.15) is 18.5 Å². The molecule has 0 aromatic heterocycles. The van der Waals surface area contributed by atoms with Crippen LogP contribution in [0.2, 0.25) is 0 Å². The number of hydrogen-bond acceptors (Lipinski definition) is 2. The van der Waals surface area contributed by atoms with Crippen molar-refractivity contribution in [1.29, 1.82) is 0 Å². The first-order valence-electron chi connectivity index (χ1n) is 4.26. The molecule has 3 nitrogen and oxygen atoms in total. The van der Waals surface area contributed by atoms with Crippen molar-refractivity contribution in [3.8, 4) is 0 Å². The number of rotatable bonds is 4. The molecule has 1 rings (SSSR count). The molecule has 1 N–H and O–H groups in total. The van der Waals surface area contributed by atoms with Gasteiger partial charge in [-0.05, 0) is 24.6 Å². The average molecular weight is 313 g/mol. The van der Waals surface area contributed by atoms with Gasteiger partial charge in [-0.2, -0.15) is 0 Å². The fourth-order valence-electron chi connectivity index (χ4n) is 1.14. The molecule has 0 aliphatic heterocycles. The largest absolute Gasteiger partial charge is 0.226 e. The molecule has 1 aromatic rings. The number of sulfonamides is 1. The van der Waals surface area contributed by atoms with Crippen LogP contribution in [0.15, 0.2) is 28.7 Å². The van der Waals surface area contributed by atoms with Crippen LogP contribution in [0.5, 0.6) is 0 Å². The van der Waals surface area contributed by atoms with E-state index in [2.05, 4.69) is 20.7 Å². The highest BCUT2D eigenvalue weighted by molar-refractivity contribution is 9.10. The summed E-state index contributed by atoms with van der Waals surface area (Å²) in [6.07, 6.45) is 0. The lowest BCUT2D eigenvalue weighted by Crippen LogP contribution is -2.27. The molecule has 0 saturated carbocycles. The van der Waals surface area contributed by atoms with Crippen LogP contribution in [0.25, 0.3) is 0 Å². The first-order valence-corrected chi connectivity index (χ1v) is 7.24. The SMILES string of the molecule is C[C@@H](NS(=O)(=O)CCl)c1cccc(Br)c1. The number of nitrogens with one attached hydrogen (secondary N) is 1. The van der Waals surface area contributed by atoms with Crippen molar-refractivity contribution in [3.63, 3.8) is 0 Å². The number of hydrogen-bond donors (Lipinski definition) is 1. The highest BCUT2D eigenvalue weighted by Crippen LogP contribution is 2.18. The van der Waals surface area contributed by atoms with Gasteiger partial charge in [-0.1, -0.05) is 28.1 Å². The van der Waals surface area contributed by atoms with Crippen LogP contribution in [0, 0.1) is 0 Å². The second-order valence-electron chi connectivity index (χ2n) is 3.12. The normalized spacial score (nSPS) is 13.8. The van der Waals surface area contributed by atoms with Crippen molar-refractivity contribution in [3.05, 3.63) is 34.3 Å². The van der Waals surface area contributed by atoms with Crippen LogP contribution in [0.3, 0.4) is 0 Å². The Kier molecular flexibility index (Phi) is 4.58. The fourth-order valence-corrected chi connectivity index (χ4v) is 2.49. The van der Waals surface area contributed by atoms with E-state index in [4.69, 9.17) is 11.6 Å². The standard InChI is InChI=1S/C9H11BrClNO2S/c1-7(12-15(13,14)6-11)8-3-2-4-9(10)5-8/h2-5,7,12H,6H2,1H3/t7-/m1/s1. The monoisotopic (exact) mass is 311 g/mol. The molecule has 0 aliphatic carbocycles. The molecule has 0 radical (unpaired) electrons. The first-order chi connectivity index (χ1) is 6.94. The number of alkyl halides is 1. The van der Waals surface area contributed by atoms with Crippen LogP contribution in [-0.2, 0) is 10.0 Å². The second kappa shape index (κ2) is 5.30. The van der Waals surface area contributed by atoms with Gasteiger partial charge in [0.05, 0.1) is 0 Å². The maximum atomic E-state index is 11.2. The van der Waals surface area contributed by atoms with Crippen molar-refractivity contribution in [2.75, 3.05) is 5.21 Å². The summed E-state index contributed by atoms with van der Waals surface area (Å²) in [7, 11) is -3.38. The van der Waals surface area contributed by atoms with Gasteiger partial charge in [-0.3, -0.25) is 0 Å². The van der Waals surface area contributed by atoms with E-state index in [9.17, 15) is 8.42 Å². The Hall–Kier alpha value is -0.100. The van der Waals surface area contributed by atoms with E-state index < -0.39 is 15.2 Å². The summed E-state index contributed by atoms with van der Waals surface area (Å²) in [5.41, 5.74) is 0.887. The molecular formula is C9H11BrClNO2S. The lowest BCUT2D eigenvalue weighted by Gasteiger charge is -2.13. The van der Waals surface area contributed by atoms with Crippen molar-refractivity contribution < 1.29 is 8.42 Å². The highest BCUT2D eigenvalue weighted by Gasteiger charge is 2.14. The van der Waals surface area contributed by atoms with E-state index in [-0.39, 0.29) is 6.04 Å².